The normalized spacial score (nSPS) is 17.0. The summed E-state index contributed by atoms with van der Waals surface area (Å²) in [6.45, 7) is 9.75. The summed E-state index contributed by atoms with van der Waals surface area (Å²) < 4.78 is 0. The summed E-state index contributed by atoms with van der Waals surface area (Å²) in [7, 11) is 0. The molecular formula is C23H30N2O. The van der Waals surface area contributed by atoms with Crippen molar-refractivity contribution < 1.29 is 5.11 Å². The van der Waals surface area contributed by atoms with Gasteiger partial charge in [-0.3, -0.25) is 9.80 Å². The van der Waals surface area contributed by atoms with Crippen molar-refractivity contribution in [1.29, 1.82) is 0 Å². The van der Waals surface area contributed by atoms with Crippen LogP contribution in [0, 0.1) is 0 Å². The highest BCUT2D eigenvalue weighted by atomic mass is 16.3. The van der Waals surface area contributed by atoms with Gasteiger partial charge in [-0.2, -0.15) is 0 Å². The Morgan fingerprint density at radius 3 is 2.38 bits per heavy atom. The average Bonchev–Trinajstić information content (AvgIpc) is 2.66. The SMILES string of the molecule is CC(C)=CCN1CCN(C(Cc2cccc(O)c2)c2ccccc2)CC1. The summed E-state index contributed by atoms with van der Waals surface area (Å²) in [5.41, 5.74) is 3.93. The van der Waals surface area contributed by atoms with Gasteiger partial charge in [-0.1, -0.05) is 54.1 Å². The van der Waals surface area contributed by atoms with Crippen LogP contribution >= 0.6 is 0 Å². The van der Waals surface area contributed by atoms with Crippen molar-refractivity contribution in [1.82, 2.24) is 9.80 Å². The van der Waals surface area contributed by atoms with E-state index >= 15 is 0 Å². The highest BCUT2D eigenvalue weighted by Gasteiger charge is 2.25. The molecule has 1 atom stereocenters. The lowest BCUT2D eigenvalue weighted by Gasteiger charge is -2.39. The molecule has 3 nitrogen and oxygen atoms in total. The summed E-state index contributed by atoms with van der Waals surface area (Å²) in [4.78, 5) is 5.12. The molecule has 1 heterocycles. The summed E-state index contributed by atoms with van der Waals surface area (Å²) in [5.74, 6) is 0.348. The van der Waals surface area contributed by atoms with E-state index in [0.29, 0.717) is 11.8 Å². The van der Waals surface area contributed by atoms with Crippen molar-refractivity contribution in [3.63, 3.8) is 0 Å². The van der Waals surface area contributed by atoms with E-state index in [1.54, 1.807) is 6.07 Å². The summed E-state index contributed by atoms with van der Waals surface area (Å²) >= 11 is 0. The van der Waals surface area contributed by atoms with E-state index in [1.165, 1.54) is 16.7 Å². The number of rotatable bonds is 6. The number of benzene rings is 2. The Bertz CT molecular complexity index is 714. The molecular weight excluding hydrogens is 320 g/mol. The van der Waals surface area contributed by atoms with Crippen molar-refractivity contribution in [3.05, 3.63) is 77.4 Å². The molecule has 0 amide bonds. The second-order valence-corrected chi connectivity index (χ2v) is 7.42. The van der Waals surface area contributed by atoms with E-state index in [-0.39, 0.29) is 0 Å². The van der Waals surface area contributed by atoms with Gasteiger partial charge < -0.3 is 5.11 Å². The molecule has 1 fully saturated rings. The van der Waals surface area contributed by atoms with Crippen molar-refractivity contribution in [2.75, 3.05) is 32.7 Å². The number of nitrogens with zero attached hydrogens (tertiary/aromatic N) is 2. The molecule has 26 heavy (non-hydrogen) atoms. The quantitative estimate of drug-likeness (QED) is 0.789. The number of hydrogen-bond acceptors (Lipinski definition) is 3. The van der Waals surface area contributed by atoms with Crippen LogP contribution in [0.25, 0.3) is 0 Å². The van der Waals surface area contributed by atoms with Crippen molar-refractivity contribution in [3.8, 4) is 5.75 Å². The van der Waals surface area contributed by atoms with Crippen LogP contribution in [0.3, 0.4) is 0 Å². The standard InChI is InChI=1S/C23H30N2O/c1-19(2)11-12-24-13-15-25(16-14-24)23(21-8-4-3-5-9-21)18-20-7-6-10-22(26)17-20/h3-11,17,23,26H,12-16,18H2,1-2H3. The largest absolute Gasteiger partial charge is 0.508 e. The number of hydrogen-bond donors (Lipinski definition) is 1. The van der Waals surface area contributed by atoms with Crippen molar-refractivity contribution >= 4 is 0 Å². The Hall–Kier alpha value is -2.10. The predicted molar refractivity (Wildman–Crippen MR) is 108 cm³/mol. The van der Waals surface area contributed by atoms with Gasteiger partial charge in [-0.25, -0.2) is 0 Å². The van der Waals surface area contributed by atoms with Crippen LogP contribution in [0.5, 0.6) is 5.75 Å². The number of aromatic hydroxyl groups is 1. The molecule has 1 aliphatic heterocycles. The molecule has 0 bridgehead atoms. The third-order valence-electron chi connectivity index (χ3n) is 5.13. The van der Waals surface area contributed by atoms with Gasteiger partial charge in [0.2, 0.25) is 0 Å². The molecule has 2 aromatic rings. The predicted octanol–water partition coefficient (Wildman–Crippen LogP) is 4.26. The maximum atomic E-state index is 9.82. The first-order chi connectivity index (χ1) is 12.6. The highest BCUT2D eigenvalue weighted by molar-refractivity contribution is 5.30. The van der Waals surface area contributed by atoms with E-state index in [0.717, 1.165) is 39.1 Å². The summed E-state index contributed by atoms with van der Waals surface area (Å²) in [6.07, 6.45) is 3.24. The molecule has 0 aliphatic carbocycles. The lowest BCUT2D eigenvalue weighted by atomic mass is 9.96. The maximum Gasteiger partial charge on any atom is 0.115 e. The Morgan fingerprint density at radius 1 is 1.00 bits per heavy atom. The molecule has 1 saturated heterocycles. The van der Waals surface area contributed by atoms with Gasteiger partial charge in [0.25, 0.3) is 0 Å². The molecule has 0 spiro atoms. The first-order valence-corrected chi connectivity index (χ1v) is 9.54. The topological polar surface area (TPSA) is 26.7 Å². The monoisotopic (exact) mass is 350 g/mol. The average molecular weight is 351 g/mol. The fourth-order valence-electron chi connectivity index (χ4n) is 3.61. The van der Waals surface area contributed by atoms with E-state index in [2.05, 4.69) is 66.1 Å². The summed E-state index contributed by atoms with van der Waals surface area (Å²) in [5, 5.41) is 9.82. The number of phenolic OH excluding ortho intramolecular Hbond substituents is 1. The van der Waals surface area contributed by atoms with Crippen LogP contribution in [-0.2, 0) is 6.42 Å². The first kappa shape index (κ1) is 18.7. The highest BCUT2D eigenvalue weighted by Crippen LogP contribution is 2.27. The zero-order valence-corrected chi connectivity index (χ0v) is 15.9. The molecule has 3 rings (SSSR count). The third kappa shape index (κ3) is 5.20. The lowest BCUT2D eigenvalue weighted by molar-refractivity contribution is 0.102. The minimum absolute atomic E-state index is 0.348. The molecule has 3 heteroatoms. The van der Waals surface area contributed by atoms with E-state index in [4.69, 9.17) is 0 Å². The maximum absolute atomic E-state index is 9.82. The van der Waals surface area contributed by atoms with Gasteiger partial charge in [0.1, 0.15) is 5.75 Å². The van der Waals surface area contributed by atoms with Gasteiger partial charge in [-0.15, -0.1) is 0 Å². The fourth-order valence-corrected chi connectivity index (χ4v) is 3.61. The summed E-state index contributed by atoms with van der Waals surface area (Å²) in [6, 6.07) is 18.8. The lowest BCUT2D eigenvalue weighted by Crippen LogP contribution is -2.48. The smallest absolute Gasteiger partial charge is 0.115 e. The van der Waals surface area contributed by atoms with Gasteiger partial charge in [0.05, 0.1) is 0 Å². The molecule has 1 N–H and O–H groups in total. The van der Waals surface area contributed by atoms with Crippen molar-refractivity contribution in [2.45, 2.75) is 26.3 Å². The van der Waals surface area contributed by atoms with Crippen LogP contribution in [0.2, 0.25) is 0 Å². The van der Waals surface area contributed by atoms with Gasteiger partial charge >= 0.3 is 0 Å². The van der Waals surface area contributed by atoms with E-state index in [1.807, 2.05) is 12.1 Å². The van der Waals surface area contributed by atoms with Gasteiger partial charge in [-0.05, 0) is 43.5 Å². The molecule has 2 aromatic carbocycles. The Balaban J connectivity index is 1.71. The second kappa shape index (κ2) is 9.02. The number of piperazine rings is 1. The molecule has 0 radical (unpaired) electrons. The molecule has 138 valence electrons. The van der Waals surface area contributed by atoms with E-state index < -0.39 is 0 Å². The molecule has 0 aromatic heterocycles. The van der Waals surface area contributed by atoms with Crippen LogP contribution in [0.1, 0.15) is 31.0 Å². The Morgan fingerprint density at radius 2 is 1.73 bits per heavy atom. The number of phenols is 1. The van der Waals surface area contributed by atoms with E-state index in [9.17, 15) is 5.11 Å². The second-order valence-electron chi connectivity index (χ2n) is 7.42. The van der Waals surface area contributed by atoms with Crippen molar-refractivity contribution in [2.24, 2.45) is 0 Å². The van der Waals surface area contributed by atoms with Crippen LogP contribution in [0.4, 0.5) is 0 Å². The van der Waals surface area contributed by atoms with Crippen LogP contribution in [0.15, 0.2) is 66.2 Å². The zero-order chi connectivity index (χ0) is 18.4. The Kier molecular flexibility index (Phi) is 6.48. The minimum Gasteiger partial charge on any atom is -0.508 e. The molecule has 1 unspecified atom stereocenters. The third-order valence-corrected chi connectivity index (χ3v) is 5.13. The van der Waals surface area contributed by atoms with Gasteiger partial charge in [0, 0.05) is 38.8 Å². The van der Waals surface area contributed by atoms with Gasteiger partial charge in [0.15, 0.2) is 0 Å². The molecule has 1 aliphatic rings. The minimum atomic E-state index is 0.348. The van der Waals surface area contributed by atoms with Crippen LogP contribution < -0.4 is 0 Å². The first-order valence-electron chi connectivity index (χ1n) is 9.54. The molecule has 0 saturated carbocycles. The van der Waals surface area contributed by atoms with Crippen LogP contribution in [-0.4, -0.2) is 47.6 Å². The zero-order valence-electron chi connectivity index (χ0n) is 15.9. The fraction of sp³-hybridized carbons (Fsp3) is 0.391. The Labute approximate surface area is 157 Å². The number of allylic oxidation sites excluding steroid dienone is 1.